The molecule has 0 aliphatic heterocycles. The van der Waals surface area contributed by atoms with Crippen molar-refractivity contribution in [1.82, 2.24) is 5.32 Å². The molecule has 0 radical (unpaired) electrons. The molecule has 0 fully saturated rings. The van der Waals surface area contributed by atoms with Crippen molar-refractivity contribution in [2.24, 2.45) is 0 Å². The average Bonchev–Trinajstić information content (AvgIpc) is 2.12. The van der Waals surface area contributed by atoms with Gasteiger partial charge in [0.15, 0.2) is 0 Å². The van der Waals surface area contributed by atoms with Crippen LogP contribution in [0.2, 0.25) is 0 Å². The molecule has 2 atom stereocenters. The lowest BCUT2D eigenvalue weighted by molar-refractivity contribution is -0.135. The van der Waals surface area contributed by atoms with Gasteiger partial charge in [0.05, 0.1) is 0 Å². The number of hydrogen-bond donors (Lipinski definition) is 1. The largest absolute Gasteiger partial charge is 0.389 e. The van der Waals surface area contributed by atoms with Gasteiger partial charge in [-0.15, -0.1) is 0 Å². The van der Waals surface area contributed by atoms with Crippen molar-refractivity contribution in [3.05, 3.63) is 0 Å². The molecule has 16 heavy (non-hydrogen) atoms. The standard InChI is InChI=1S/C11H22F3NS/c1-4-16-8-10(3)15-9(2)6-5-7-11(12,13)14/h9-10,15H,4-8H2,1-3H3. The highest BCUT2D eigenvalue weighted by molar-refractivity contribution is 7.99. The van der Waals surface area contributed by atoms with Gasteiger partial charge in [0.25, 0.3) is 0 Å². The molecule has 0 aromatic rings. The van der Waals surface area contributed by atoms with E-state index in [1.54, 1.807) is 0 Å². The fourth-order valence-electron chi connectivity index (χ4n) is 1.52. The number of hydrogen-bond acceptors (Lipinski definition) is 2. The summed E-state index contributed by atoms with van der Waals surface area (Å²) in [7, 11) is 0. The molecule has 1 nitrogen and oxygen atoms in total. The van der Waals surface area contributed by atoms with E-state index >= 15 is 0 Å². The van der Waals surface area contributed by atoms with E-state index in [0.29, 0.717) is 12.5 Å². The summed E-state index contributed by atoms with van der Waals surface area (Å²) in [5.41, 5.74) is 0. The predicted molar refractivity (Wildman–Crippen MR) is 65.0 cm³/mol. The summed E-state index contributed by atoms with van der Waals surface area (Å²) in [5.74, 6) is 2.09. The molecule has 0 aromatic carbocycles. The van der Waals surface area contributed by atoms with Gasteiger partial charge in [-0.05, 0) is 32.4 Å². The molecule has 2 unspecified atom stereocenters. The highest BCUT2D eigenvalue weighted by atomic mass is 32.2. The first-order valence-corrected chi connectivity index (χ1v) is 6.91. The molecule has 0 rings (SSSR count). The van der Waals surface area contributed by atoms with Crippen molar-refractivity contribution in [1.29, 1.82) is 0 Å². The summed E-state index contributed by atoms with van der Waals surface area (Å²) < 4.78 is 35.7. The van der Waals surface area contributed by atoms with E-state index in [1.807, 2.05) is 18.7 Å². The van der Waals surface area contributed by atoms with E-state index < -0.39 is 12.6 Å². The zero-order chi connectivity index (χ0) is 12.6. The van der Waals surface area contributed by atoms with Gasteiger partial charge in [-0.25, -0.2) is 0 Å². The second-order valence-electron chi connectivity index (χ2n) is 4.14. The molecule has 1 N–H and O–H groups in total. The lowest BCUT2D eigenvalue weighted by Crippen LogP contribution is -2.36. The van der Waals surface area contributed by atoms with Crippen LogP contribution in [0.1, 0.15) is 40.0 Å². The topological polar surface area (TPSA) is 12.0 Å². The molecule has 0 bridgehead atoms. The van der Waals surface area contributed by atoms with Crippen molar-refractivity contribution in [3.8, 4) is 0 Å². The highest BCUT2D eigenvalue weighted by Crippen LogP contribution is 2.22. The second kappa shape index (κ2) is 8.23. The third-order valence-corrected chi connectivity index (χ3v) is 3.38. The predicted octanol–water partition coefficient (Wildman–Crippen LogP) is 3.84. The summed E-state index contributed by atoms with van der Waals surface area (Å²) in [6, 6.07) is 0.528. The van der Waals surface area contributed by atoms with E-state index in [0.717, 1.165) is 11.5 Å². The number of nitrogens with one attached hydrogen (secondary N) is 1. The van der Waals surface area contributed by atoms with Crippen molar-refractivity contribution in [3.63, 3.8) is 0 Å². The summed E-state index contributed by atoms with van der Waals surface area (Å²) in [6.07, 6.45) is -3.88. The first-order chi connectivity index (χ1) is 7.35. The summed E-state index contributed by atoms with van der Waals surface area (Å²) in [5, 5.41) is 3.31. The molecule has 0 heterocycles. The molecule has 0 aliphatic rings. The third-order valence-electron chi connectivity index (χ3n) is 2.24. The Kier molecular flexibility index (Phi) is 8.28. The Morgan fingerprint density at radius 3 is 2.31 bits per heavy atom. The Morgan fingerprint density at radius 2 is 1.81 bits per heavy atom. The normalized spacial score (nSPS) is 16.1. The smallest absolute Gasteiger partial charge is 0.311 e. The lowest BCUT2D eigenvalue weighted by Gasteiger charge is -2.19. The Balaban J connectivity index is 3.54. The van der Waals surface area contributed by atoms with Crippen LogP contribution in [0.5, 0.6) is 0 Å². The van der Waals surface area contributed by atoms with E-state index in [9.17, 15) is 13.2 Å². The lowest BCUT2D eigenvalue weighted by atomic mass is 10.1. The van der Waals surface area contributed by atoms with Gasteiger partial charge < -0.3 is 5.32 Å². The minimum atomic E-state index is -4.01. The molecule has 98 valence electrons. The summed E-state index contributed by atoms with van der Waals surface area (Å²) in [6.45, 7) is 6.12. The Bertz CT molecular complexity index is 173. The van der Waals surface area contributed by atoms with Crippen LogP contribution in [0.3, 0.4) is 0 Å². The Labute approximate surface area is 101 Å². The maximum Gasteiger partial charge on any atom is 0.389 e. The number of rotatable bonds is 8. The molecular weight excluding hydrogens is 235 g/mol. The van der Waals surface area contributed by atoms with Crippen LogP contribution in [0, 0.1) is 0 Å². The second-order valence-corrected chi connectivity index (χ2v) is 5.45. The zero-order valence-corrected chi connectivity index (χ0v) is 11.0. The highest BCUT2D eigenvalue weighted by Gasteiger charge is 2.26. The quantitative estimate of drug-likeness (QED) is 0.709. The molecular formula is C11H22F3NS. The maximum absolute atomic E-state index is 11.9. The van der Waals surface area contributed by atoms with Crippen LogP contribution in [0.25, 0.3) is 0 Å². The van der Waals surface area contributed by atoms with Gasteiger partial charge in [-0.1, -0.05) is 6.92 Å². The number of alkyl halides is 3. The molecule has 0 aromatic heterocycles. The van der Waals surface area contributed by atoms with Gasteiger partial charge in [-0.3, -0.25) is 0 Å². The Morgan fingerprint density at radius 1 is 1.19 bits per heavy atom. The minimum absolute atomic E-state index is 0.162. The minimum Gasteiger partial charge on any atom is -0.311 e. The fraction of sp³-hybridized carbons (Fsp3) is 1.00. The first kappa shape index (κ1) is 16.1. The third kappa shape index (κ3) is 10.6. The van der Waals surface area contributed by atoms with Crippen LogP contribution in [0.4, 0.5) is 13.2 Å². The number of halogens is 3. The van der Waals surface area contributed by atoms with Crippen LogP contribution < -0.4 is 5.32 Å². The fourth-order valence-corrected chi connectivity index (χ4v) is 2.21. The van der Waals surface area contributed by atoms with Crippen LogP contribution in [0.15, 0.2) is 0 Å². The molecule has 5 heteroatoms. The molecule has 0 amide bonds. The summed E-state index contributed by atoms with van der Waals surface area (Å²) in [4.78, 5) is 0. The van der Waals surface area contributed by atoms with Crippen LogP contribution >= 0.6 is 11.8 Å². The van der Waals surface area contributed by atoms with Crippen molar-refractivity contribution in [2.75, 3.05) is 11.5 Å². The maximum atomic E-state index is 11.9. The monoisotopic (exact) mass is 257 g/mol. The first-order valence-electron chi connectivity index (χ1n) is 5.75. The van der Waals surface area contributed by atoms with Gasteiger partial charge in [0, 0.05) is 24.3 Å². The molecule has 0 aliphatic carbocycles. The molecule has 0 saturated heterocycles. The summed E-state index contributed by atoms with van der Waals surface area (Å²) >= 11 is 1.84. The van der Waals surface area contributed by atoms with Gasteiger partial charge >= 0.3 is 6.18 Å². The van der Waals surface area contributed by atoms with Gasteiger partial charge in [0.2, 0.25) is 0 Å². The van der Waals surface area contributed by atoms with Gasteiger partial charge in [0.1, 0.15) is 0 Å². The Hall–Kier alpha value is 0.100. The van der Waals surface area contributed by atoms with Crippen molar-refractivity contribution in [2.45, 2.75) is 58.3 Å². The molecule has 0 saturated carbocycles. The zero-order valence-electron chi connectivity index (χ0n) is 10.2. The van der Waals surface area contributed by atoms with E-state index in [-0.39, 0.29) is 12.5 Å². The van der Waals surface area contributed by atoms with E-state index in [2.05, 4.69) is 19.2 Å². The van der Waals surface area contributed by atoms with Crippen LogP contribution in [-0.4, -0.2) is 29.8 Å². The van der Waals surface area contributed by atoms with Crippen molar-refractivity contribution >= 4 is 11.8 Å². The van der Waals surface area contributed by atoms with E-state index in [4.69, 9.17) is 0 Å². The molecule has 0 spiro atoms. The van der Waals surface area contributed by atoms with E-state index in [1.165, 1.54) is 0 Å². The SMILES string of the molecule is CCSCC(C)NC(C)CCCC(F)(F)F. The number of thioether (sulfide) groups is 1. The van der Waals surface area contributed by atoms with Gasteiger partial charge in [-0.2, -0.15) is 24.9 Å². The van der Waals surface area contributed by atoms with Crippen LogP contribution in [-0.2, 0) is 0 Å². The van der Waals surface area contributed by atoms with Crippen molar-refractivity contribution < 1.29 is 13.2 Å². The average molecular weight is 257 g/mol.